The Hall–Kier alpha value is -2.45. The maximum Gasteiger partial charge on any atom is 0.245 e. The van der Waals surface area contributed by atoms with Crippen molar-refractivity contribution in [2.75, 3.05) is 33.3 Å². The van der Waals surface area contributed by atoms with Gasteiger partial charge in [0.2, 0.25) is 11.8 Å². The van der Waals surface area contributed by atoms with Crippen molar-refractivity contribution >= 4 is 23.2 Å². The smallest absolute Gasteiger partial charge is 0.245 e. The average Bonchev–Trinajstić information content (AvgIpc) is 3.20. The molecule has 1 fully saturated rings. The summed E-state index contributed by atoms with van der Waals surface area (Å²) in [5, 5.41) is 5.89. The van der Waals surface area contributed by atoms with Gasteiger partial charge >= 0.3 is 0 Å². The van der Waals surface area contributed by atoms with Crippen LogP contribution in [0.5, 0.6) is 5.75 Å². The van der Waals surface area contributed by atoms with Gasteiger partial charge in [0.15, 0.2) is 0 Å². The van der Waals surface area contributed by atoms with E-state index < -0.39 is 6.04 Å². The van der Waals surface area contributed by atoms with Gasteiger partial charge in [-0.2, -0.15) is 0 Å². The molecule has 1 aliphatic rings. The van der Waals surface area contributed by atoms with Gasteiger partial charge in [0.25, 0.3) is 0 Å². The van der Waals surface area contributed by atoms with Crippen molar-refractivity contribution in [2.24, 2.45) is 5.92 Å². The van der Waals surface area contributed by atoms with Gasteiger partial charge < -0.3 is 15.0 Å². The molecule has 2 heterocycles. The lowest BCUT2D eigenvalue weighted by molar-refractivity contribution is -0.138. The Balaban J connectivity index is 1.54. The maximum atomic E-state index is 12.8. The minimum absolute atomic E-state index is 0.00954. The molecule has 0 bridgehead atoms. The molecule has 7 nitrogen and oxygen atoms in total. The number of methoxy groups -OCH3 is 1. The van der Waals surface area contributed by atoms with Crippen LogP contribution in [0.25, 0.3) is 10.6 Å². The summed E-state index contributed by atoms with van der Waals surface area (Å²) in [5.74, 6) is 0.735. The van der Waals surface area contributed by atoms with Crippen molar-refractivity contribution in [3.8, 4) is 16.3 Å². The van der Waals surface area contributed by atoms with Crippen LogP contribution in [0.3, 0.4) is 0 Å². The molecule has 0 aliphatic carbocycles. The van der Waals surface area contributed by atoms with Gasteiger partial charge in [-0.3, -0.25) is 14.5 Å². The van der Waals surface area contributed by atoms with E-state index in [1.165, 1.54) is 6.92 Å². The van der Waals surface area contributed by atoms with Gasteiger partial charge in [0, 0.05) is 50.6 Å². The number of nitrogens with zero attached hydrogens (tertiary/aromatic N) is 3. The molecule has 1 saturated heterocycles. The second kappa shape index (κ2) is 10.0. The topological polar surface area (TPSA) is 74.8 Å². The molecule has 2 amide bonds. The molecule has 1 aromatic heterocycles. The number of rotatable bonds is 7. The fraction of sp³-hybridized carbons (Fsp3) is 0.500. The summed E-state index contributed by atoms with van der Waals surface area (Å²) in [6.45, 7) is 9.06. The highest BCUT2D eigenvalue weighted by molar-refractivity contribution is 7.13. The second-order valence-electron chi connectivity index (χ2n) is 7.90. The van der Waals surface area contributed by atoms with E-state index in [1.807, 2.05) is 43.0 Å². The highest BCUT2D eigenvalue weighted by Gasteiger charge is 2.30. The van der Waals surface area contributed by atoms with Gasteiger partial charge in [-0.05, 0) is 30.2 Å². The Bertz CT molecular complexity index is 858. The first kappa shape index (κ1) is 22.2. The van der Waals surface area contributed by atoms with Crippen LogP contribution >= 0.6 is 11.3 Å². The number of nitrogens with one attached hydrogen (secondary N) is 1. The quantitative estimate of drug-likeness (QED) is 0.731. The summed E-state index contributed by atoms with van der Waals surface area (Å²) in [5.41, 5.74) is 2.13. The van der Waals surface area contributed by atoms with Crippen LogP contribution < -0.4 is 10.1 Å². The number of thiazole rings is 1. The van der Waals surface area contributed by atoms with Crippen molar-refractivity contribution in [1.29, 1.82) is 0 Å². The fourth-order valence-electron chi connectivity index (χ4n) is 3.53. The number of aromatic nitrogens is 1. The Morgan fingerprint density at radius 3 is 2.40 bits per heavy atom. The van der Waals surface area contributed by atoms with Crippen LogP contribution in [0, 0.1) is 5.92 Å². The van der Waals surface area contributed by atoms with E-state index in [0.717, 1.165) is 41.6 Å². The van der Waals surface area contributed by atoms with E-state index in [9.17, 15) is 9.59 Å². The molecule has 1 N–H and O–H groups in total. The normalized spacial score (nSPS) is 15.8. The predicted octanol–water partition coefficient (Wildman–Crippen LogP) is 2.62. The van der Waals surface area contributed by atoms with Crippen molar-refractivity contribution < 1.29 is 14.3 Å². The van der Waals surface area contributed by atoms with E-state index in [2.05, 4.69) is 15.6 Å². The number of ether oxygens (including phenoxy) is 1. The number of piperazine rings is 1. The first-order chi connectivity index (χ1) is 14.4. The molecule has 162 valence electrons. The minimum atomic E-state index is -0.459. The van der Waals surface area contributed by atoms with Crippen molar-refractivity contribution in [3.05, 3.63) is 35.3 Å². The zero-order chi connectivity index (χ0) is 21.7. The maximum absolute atomic E-state index is 12.8. The molecule has 30 heavy (non-hydrogen) atoms. The van der Waals surface area contributed by atoms with Gasteiger partial charge in [-0.15, -0.1) is 11.3 Å². The Labute approximate surface area is 182 Å². The van der Waals surface area contributed by atoms with Crippen molar-refractivity contribution in [1.82, 2.24) is 20.1 Å². The fourth-order valence-corrected chi connectivity index (χ4v) is 4.35. The van der Waals surface area contributed by atoms with E-state index in [1.54, 1.807) is 18.4 Å². The third kappa shape index (κ3) is 5.58. The van der Waals surface area contributed by atoms with Crippen molar-refractivity contribution in [2.45, 2.75) is 33.4 Å². The summed E-state index contributed by atoms with van der Waals surface area (Å²) in [7, 11) is 1.66. The van der Waals surface area contributed by atoms with Gasteiger partial charge in [0.05, 0.1) is 12.8 Å². The lowest BCUT2D eigenvalue weighted by atomic mass is 10.0. The van der Waals surface area contributed by atoms with Gasteiger partial charge in [0.1, 0.15) is 16.8 Å². The molecule has 1 aliphatic heterocycles. The minimum Gasteiger partial charge on any atom is -0.497 e. The van der Waals surface area contributed by atoms with Crippen LogP contribution in [0.15, 0.2) is 29.6 Å². The van der Waals surface area contributed by atoms with Crippen LogP contribution in [-0.2, 0) is 16.1 Å². The molecule has 8 heteroatoms. The standard InChI is InChI=1S/C22H30N4O3S/c1-15(2)20(23-16(3)27)22(28)26-11-9-25(10-12-26)13-18-14-30-21(24-18)17-5-7-19(29-4)8-6-17/h5-8,14-15,20H,9-13H2,1-4H3,(H,23,27). The van der Waals surface area contributed by atoms with Gasteiger partial charge in [-0.25, -0.2) is 4.98 Å². The molecule has 1 unspecified atom stereocenters. The summed E-state index contributed by atoms with van der Waals surface area (Å²) in [6, 6.07) is 7.47. The third-order valence-corrected chi connectivity index (χ3v) is 6.19. The number of hydrogen-bond donors (Lipinski definition) is 1. The number of hydrogen-bond acceptors (Lipinski definition) is 6. The summed E-state index contributed by atoms with van der Waals surface area (Å²) >= 11 is 1.64. The molecule has 1 aromatic carbocycles. The van der Waals surface area contributed by atoms with E-state index in [-0.39, 0.29) is 17.7 Å². The molecular formula is C22H30N4O3S. The zero-order valence-electron chi connectivity index (χ0n) is 18.1. The molecule has 0 radical (unpaired) electrons. The number of amides is 2. The number of carbonyl (C=O) groups excluding carboxylic acids is 2. The SMILES string of the molecule is COc1ccc(-c2nc(CN3CCN(C(=O)C(NC(C)=O)C(C)C)CC3)cs2)cc1. The lowest BCUT2D eigenvalue weighted by Crippen LogP contribution is -2.56. The Kier molecular flexibility index (Phi) is 7.44. The lowest BCUT2D eigenvalue weighted by Gasteiger charge is -2.37. The predicted molar refractivity (Wildman–Crippen MR) is 118 cm³/mol. The zero-order valence-corrected chi connectivity index (χ0v) is 18.9. The largest absolute Gasteiger partial charge is 0.497 e. The molecular weight excluding hydrogens is 400 g/mol. The summed E-state index contributed by atoms with van der Waals surface area (Å²) in [4.78, 5) is 33.2. The highest BCUT2D eigenvalue weighted by Crippen LogP contribution is 2.26. The summed E-state index contributed by atoms with van der Waals surface area (Å²) < 4.78 is 5.21. The van der Waals surface area contributed by atoms with Crippen LogP contribution in [-0.4, -0.2) is 65.9 Å². The summed E-state index contributed by atoms with van der Waals surface area (Å²) in [6.07, 6.45) is 0. The molecule has 1 atom stereocenters. The van der Waals surface area contributed by atoms with E-state index in [4.69, 9.17) is 9.72 Å². The molecule has 3 rings (SSSR count). The first-order valence-corrected chi connectivity index (χ1v) is 11.1. The molecule has 0 spiro atoms. The van der Waals surface area contributed by atoms with Crippen molar-refractivity contribution in [3.63, 3.8) is 0 Å². The van der Waals surface area contributed by atoms with Crippen LogP contribution in [0.4, 0.5) is 0 Å². The monoisotopic (exact) mass is 430 g/mol. The van der Waals surface area contributed by atoms with E-state index >= 15 is 0 Å². The first-order valence-electron chi connectivity index (χ1n) is 10.2. The van der Waals surface area contributed by atoms with E-state index in [0.29, 0.717) is 13.1 Å². The van der Waals surface area contributed by atoms with Crippen LogP contribution in [0.2, 0.25) is 0 Å². The van der Waals surface area contributed by atoms with Crippen LogP contribution in [0.1, 0.15) is 26.5 Å². The highest BCUT2D eigenvalue weighted by atomic mass is 32.1. The van der Waals surface area contributed by atoms with Gasteiger partial charge in [-0.1, -0.05) is 13.8 Å². The third-order valence-electron chi connectivity index (χ3n) is 5.25. The average molecular weight is 431 g/mol. The molecule has 2 aromatic rings. The Morgan fingerprint density at radius 1 is 1.17 bits per heavy atom. The number of carbonyl (C=O) groups is 2. The number of benzene rings is 1. The Morgan fingerprint density at radius 2 is 1.83 bits per heavy atom. The second-order valence-corrected chi connectivity index (χ2v) is 8.75. The molecule has 0 saturated carbocycles.